The number of nitrogens with zero attached hydrogens (tertiary/aromatic N) is 2. The van der Waals surface area contributed by atoms with Gasteiger partial charge in [0, 0.05) is 6.04 Å². The molecule has 1 N–H and O–H groups in total. The Kier molecular flexibility index (Phi) is 2.46. The van der Waals surface area contributed by atoms with Gasteiger partial charge in [-0.3, -0.25) is 0 Å². The van der Waals surface area contributed by atoms with Crippen molar-refractivity contribution in [3.63, 3.8) is 0 Å². The lowest BCUT2D eigenvalue weighted by molar-refractivity contribution is 0.752. The molecule has 66 valence electrons. The molecule has 1 aromatic heterocycles. The first-order valence-corrected chi connectivity index (χ1v) is 5.21. The second-order valence-electron chi connectivity index (χ2n) is 3.03. The van der Waals surface area contributed by atoms with Crippen molar-refractivity contribution in [1.82, 2.24) is 8.75 Å². The summed E-state index contributed by atoms with van der Waals surface area (Å²) in [6, 6.07) is 0.561. The predicted molar refractivity (Wildman–Crippen MR) is 50.8 cm³/mol. The third kappa shape index (κ3) is 1.69. The van der Waals surface area contributed by atoms with Crippen molar-refractivity contribution in [2.24, 2.45) is 0 Å². The first kappa shape index (κ1) is 8.26. The second kappa shape index (κ2) is 3.58. The van der Waals surface area contributed by atoms with Crippen LogP contribution in [0.3, 0.4) is 0 Å². The smallest absolute Gasteiger partial charge is 0.186 e. The van der Waals surface area contributed by atoms with Gasteiger partial charge in [-0.1, -0.05) is 24.4 Å². The predicted octanol–water partition coefficient (Wildman–Crippen LogP) is 2.55. The second-order valence-corrected chi connectivity index (χ2v) is 3.92. The van der Waals surface area contributed by atoms with Gasteiger partial charge in [0.25, 0.3) is 0 Å². The Morgan fingerprint density at radius 1 is 1.33 bits per heavy atom. The summed E-state index contributed by atoms with van der Waals surface area (Å²) in [6.07, 6.45) is 5.08. The van der Waals surface area contributed by atoms with Gasteiger partial charge in [0.15, 0.2) is 11.0 Å². The zero-order chi connectivity index (χ0) is 8.39. The van der Waals surface area contributed by atoms with Crippen LogP contribution in [0.1, 0.15) is 25.7 Å². The van der Waals surface area contributed by atoms with Crippen LogP contribution in [0.5, 0.6) is 0 Å². The molecule has 5 heteroatoms. The standard InChI is InChI=1S/C7H10ClN3S/c8-6-7(11-12-10-6)9-5-3-1-2-4-5/h5H,1-4H2,(H,9,11). The maximum Gasteiger partial charge on any atom is 0.186 e. The summed E-state index contributed by atoms with van der Waals surface area (Å²) in [7, 11) is 0. The van der Waals surface area contributed by atoms with Gasteiger partial charge in [-0.15, -0.1) is 0 Å². The van der Waals surface area contributed by atoms with E-state index in [1.807, 2.05) is 0 Å². The topological polar surface area (TPSA) is 37.8 Å². The van der Waals surface area contributed by atoms with Gasteiger partial charge in [0.1, 0.15) is 0 Å². The molecule has 12 heavy (non-hydrogen) atoms. The molecule has 0 bridgehead atoms. The van der Waals surface area contributed by atoms with Crippen LogP contribution >= 0.6 is 23.3 Å². The summed E-state index contributed by atoms with van der Waals surface area (Å²) in [5.74, 6) is 0.758. The Bertz CT molecular complexity index is 257. The number of halogens is 1. The highest BCUT2D eigenvalue weighted by atomic mass is 35.5. The molecule has 0 saturated heterocycles. The van der Waals surface area contributed by atoms with Crippen LogP contribution in [0.2, 0.25) is 5.15 Å². The third-order valence-electron chi connectivity index (χ3n) is 2.14. The van der Waals surface area contributed by atoms with E-state index in [4.69, 9.17) is 11.6 Å². The molecular formula is C7H10ClN3S. The summed E-state index contributed by atoms with van der Waals surface area (Å²) in [5.41, 5.74) is 0. The summed E-state index contributed by atoms with van der Waals surface area (Å²) < 4.78 is 7.96. The summed E-state index contributed by atoms with van der Waals surface area (Å²) in [5, 5.41) is 3.80. The molecule has 2 rings (SSSR count). The molecule has 0 radical (unpaired) electrons. The van der Waals surface area contributed by atoms with E-state index in [9.17, 15) is 0 Å². The van der Waals surface area contributed by atoms with Crippen LogP contribution in [0.25, 0.3) is 0 Å². The molecule has 0 aromatic carbocycles. The molecule has 0 atom stereocenters. The monoisotopic (exact) mass is 203 g/mol. The molecule has 0 aliphatic heterocycles. The minimum absolute atomic E-state index is 0.506. The van der Waals surface area contributed by atoms with Crippen molar-refractivity contribution in [2.45, 2.75) is 31.7 Å². The molecule has 1 saturated carbocycles. The van der Waals surface area contributed by atoms with Crippen LogP contribution in [-0.2, 0) is 0 Å². The highest BCUT2D eigenvalue weighted by Crippen LogP contribution is 2.25. The molecule has 1 aliphatic carbocycles. The van der Waals surface area contributed by atoms with Gasteiger partial charge < -0.3 is 5.32 Å². The Balaban J connectivity index is 1.98. The van der Waals surface area contributed by atoms with E-state index in [0.717, 1.165) is 17.5 Å². The zero-order valence-electron chi connectivity index (χ0n) is 6.59. The average molecular weight is 204 g/mol. The molecule has 0 spiro atoms. The van der Waals surface area contributed by atoms with Crippen LogP contribution in [0, 0.1) is 0 Å². The van der Waals surface area contributed by atoms with E-state index in [1.54, 1.807) is 0 Å². The first-order valence-electron chi connectivity index (χ1n) is 4.11. The SMILES string of the molecule is Clc1nsnc1NC1CCCC1. The van der Waals surface area contributed by atoms with Crippen LogP contribution in [0.15, 0.2) is 0 Å². The zero-order valence-corrected chi connectivity index (χ0v) is 8.16. The third-order valence-corrected chi connectivity index (χ3v) is 3.04. The molecule has 0 amide bonds. The number of nitrogens with one attached hydrogen (secondary N) is 1. The minimum atomic E-state index is 0.506. The van der Waals surface area contributed by atoms with Crippen molar-refractivity contribution in [2.75, 3.05) is 5.32 Å². The normalized spacial score (nSPS) is 18.4. The van der Waals surface area contributed by atoms with E-state index in [1.165, 1.54) is 25.7 Å². The largest absolute Gasteiger partial charge is 0.364 e. The van der Waals surface area contributed by atoms with Crippen molar-refractivity contribution in [3.8, 4) is 0 Å². The van der Waals surface area contributed by atoms with E-state index in [0.29, 0.717) is 11.2 Å². The molecular weight excluding hydrogens is 194 g/mol. The molecule has 1 aromatic rings. The number of hydrogen-bond acceptors (Lipinski definition) is 4. The Labute approximate surface area is 80.5 Å². The lowest BCUT2D eigenvalue weighted by atomic mass is 10.2. The highest BCUT2D eigenvalue weighted by Gasteiger charge is 2.16. The number of rotatable bonds is 2. The van der Waals surface area contributed by atoms with Crippen LogP contribution in [0.4, 0.5) is 5.82 Å². The Morgan fingerprint density at radius 2 is 2.08 bits per heavy atom. The number of hydrogen-bond donors (Lipinski definition) is 1. The summed E-state index contributed by atoms with van der Waals surface area (Å²) in [6.45, 7) is 0. The highest BCUT2D eigenvalue weighted by molar-refractivity contribution is 6.99. The van der Waals surface area contributed by atoms with Gasteiger partial charge >= 0.3 is 0 Å². The Morgan fingerprint density at radius 3 is 2.67 bits per heavy atom. The molecule has 1 fully saturated rings. The summed E-state index contributed by atoms with van der Waals surface area (Å²) >= 11 is 6.95. The van der Waals surface area contributed by atoms with Gasteiger partial charge in [-0.25, -0.2) is 0 Å². The van der Waals surface area contributed by atoms with Gasteiger partial charge in [0.05, 0.1) is 11.7 Å². The van der Waals surface area contributed by atoms with Crippen LogP contribution < -0.4 is 5.32 Å². The van der Waals surface area contributed by atoms with Crippen molar-refractivity contribution >= 4 is 29.1 Å². The lowest BCUT2D eigenvalue weighted by Crippen LogP contribution is -2.14. The van der Waals surface area contributed by atoms with Crippen molar-refractivity contribution in [3.05, 3.63) is 5.15 Å². The molecule has 0 unspecified atom stereocenters. The van der Waals surface area contributed by atoms with E-state index in [2.05, 4.69) is 14.1 Å². The summed E-state index contributed by atoms with van der Waals surface area (Å²) in [4.78, 5) is 0. The maximum absolute atomic E-state index is 5.79. The maximum atomic E-state index is 5.79. The fourth-order valence-electron chi connectivity index (χ4n) is 1.53. The first-order chi connectivity index (χ1) is 5.86. The average Bonchev–Trinajstić information content (AvgIpc) is 2.65. The van der Waals surface area contributed by atoms with E-state index in [-0.39, 0.29) is 0 Å². The fourth-order valence-corrected chi connectivity index (χ4v) is 2.19. The lowest BCUT2D eigenvalue weighted by Gasteiger charge is -2.09. The molecule has 1 aliphatic rings. The van der Waals surface area contributed by atoms with Crippen LogP contribution in [-0.4, -0.2) is 14.8 Å². The van der Waals surface area contributed by atoms with Crippen molar-refractivity contribution in [1.29, 1.82) is 0 Å². The van der Waals surface area contributed by atoms with Crippen molar-refractivity contribution < 1.29 is 0 Å². The fraction of sp³-hybridized carbons (Fsp3) is 0.714. The van der Waals surface area contributed by atoms with E-state index >= 15 is 0 Å². The minimum Gasteiger partial charge on any atom is -0.364 e. The van der Waals surface area contributed by atoms with Gasteiger partial charge in [-0.05, 0) is 12.8 Å². The molecule has 3 nitrogen and oxygen atoms in total. The number of anilines is 1. The Hall–Kier alpha value is -0.350. The quantitative estimate of drug-likeness (QED) is 0.803. The van der Waals surface area contributed by atoms with Gasteiger partial charge in [-0.2, -0.15) is 8.75 Å². The number of aromatic nitrogens is 2. The van der Waals surface area contributed by atoms with E-state index < -0.39 is 0 Å². The molecule has 1 heterocycles. The van der Waals surface area contributed by atoms with Gasteiger partial charge in [0.2, 0.25) is 0 Å².